The number of piperidine rings is 1. The van der Waals surface area contributed by atoms with Crippen LogP contribution in [0, 0.1) is 0 Å². The van der Waals surface area contributed by atoms with Crippen LogP contribution in [0.4, 0.5) is 0 Å². The summed E-state index contributed by atoms with van der Waals surface area (Å²) >= 11 is 3.46. The van der Waals surface area contributed by atoms with Crippen molar-refractivity contribution in [2.45, 2.75) is 25.4 Å². The molecule has 0 spiro atoms. The van der Waals surface area contributed by atoms with Crippen LogP contribution >= 0.6 is 15.9 Å². The van der Waals surface area contributed by atoms with E-state index >= 15 is 0 Å². The van der Waals surface area contributed by atoms with Gasteiger partial charge >= 0.3 is 0 Å². The third kappa shape index (κ3) is 3.30. The average molecular weight is 351 g/mol. The Hall–Kier alpha value is -1.73. The van der Waals surface area contributed by atoms with E-state index in [4.69, 9.17) is 4.42 Å². The van der Waals surface area contributed by atoms with Crippen LogP contribution < -0.4 is 10.6 Å². The first-order valence-electron chi connectivity index (χ1n) is 6.82. The fourth-order valence-corrected chi connectivity index (χ4v) is 2.70. The zero-order chi connectivity index (χ0) is 14.7. The van der Waals surface area contributed by atoms with Gasteiger partial charge in [0.2, 0.25) is 17.7 Å². The van der Waals surface area contributed by atoms with Crippen LogP contribution in [-0.4, -0.2) is 28.7 Å². The molecule has 2 N–H and O–H groups in total. The van der Waals surface area contributed by atoms with Crippen LogP contribution in [0.1, 0.15) is 18.7 Å². The van der Waals surface area contributed by atoms with Gasteiger partial charge in [0, 0.05) is 11.0 Å². The third-order valence-electron chi connectivity index (χ3n) is 3.36. The van der Waals surface area contributed by atoms with Gasteiger partial charge in [-0.3, -0.25) is 10.1 Å². The summed E-state index contributed by atoms with van der Waals surface area (Å²) in [5.74, 6) is 0.971. The fraction of sp³-hybridized carbons (Fsp3) is 0.357. The van der Waals surface area contributed by atoms with Gasteiger partial charge in [0.1, 0.15) is 0 Å². The van der Waals surface area contributed by atoms with Gasteiger partial charge in [-0.2, -0.15) is 0 Å². The molecule has 6 nitrogen and oxygen atoms in total. The van der Waals surface area contributed by atoms with Crippen molar-refractivity contribution in [2.75, 3.05) is 6.54 Å². The van der Waals surface area contributed by atoms with E-state index in [-0.39, 0.29) is 11.9 Å². The van der Waals surface area contributed by atoms with E-state index in [2.05, 4.69) is 36.8 Å². The minimum absolute atomic E-state index is 0.0341. The van der Waals surface area contributed by atoms with Crippen molar-refractivity contribution in [3.63, 3.8) is 0 Å². The zero-order valence-electron chi connectivity index (χ0n) is 11.3. The number of aromatic nitrogens is 2. The van der Waals surface area contributed by atoms with Crippen LogP contribution in [-0.2, 0) is 11.3 Å². The van der Waals surface area contributed by atoms with Crippen molar-refractivity contribution < 1.29 is 9.21 Å². The molecule has 110 valence electrons. The van der Waals surface area contributed by atoms with Gasteiger partial charge in [-0.25, -0.2) is 0 Å². The van der Waals surface area contributed by atoms with Crippen LogP contribution in [0.25, 0.3) is 11.5 Å². The minimum Gasteiger partial charge on any atom is -0.419 e. The Morgan fingerprint density at radius 3 is 3.05 bits per heavy atom. The lowest BCUT2D eigenvalue weighted by atomic mass is 10.1. The predicted octanol–water partition coefficient (Wildman–Crippen LogP) is 1.87. The van der Waals surface area contributed by atoms with Crippen molar-refractivity contribution in [3.05, 3.63) is 34.6 Å². The van der Waals surface area contributed by atoms with E-state index < -0.39 is 0 Å². The molecule has 7 heteroatoms. The Bertz CT molecular complexity index is 643. The Balaban J connectivity index is 1.65. The second-order valence-corrected chi connectivity index (χ2v) is 5.70. The summed E-state index contributed by atoms with van der Waals surface area (Å²) in [6, 6.07) is 7.48. The van der Waals surface area contributed by atoms with Gasteiger partial charge in [0.15, 0.2) is 0 Å². The van der Waals surface area contributed by atoms with Gasteiger partial charge < -0.3 is 9.73 Å². The summed E-state index contributed by atoms with van der Waals surface area (Å²) in [5.41, 5.74) is 0.853. The molecule has 1 aliphatic rings. The van der Waals surface area contributed by atoms with Crippen LogP contribution in [0.5, 0.6) is 0 Å². The van der Waals surface area contributed by atoms with Crippen LogP contribution in [0.3, 0.4) is 0 Å². The number of hydrogen-bond donors (Lipinski definition) is 2. The SMILES string of the molecule is O=C1NCCCC1NCc1nnc(-c2ccccc2Br)o1. The predicted molar refractivity (Wildman–Crippen MR) is 80.3 cm³/mol. The highest BCUT2D eigenvalue weighted by Gasteiger charge is 2.22. The lowest BCUT2D eigenvalue weighted by molar-refractivity contribution is -0.124. The van der Waals surface area contributed by atoms with Crippen molar-refractivity contribution >= 4 is 21.8 Å². The molecular weight excluding hydrogens is 336 g/mol. The number of nitrogens with one attached hydrogen (secondary N) is 2. The molecule has 2 aromatic rings. The Kier molecular flexibility index (Phi) is 4.31. The monoisotopic (exact) mass is 350 g/mol. The molecule has 1 fully saturated rings. The van der Waals surface area contributed by atoms with Crippen molar-refractivity contribution in [3.8, 4) is 11.5 Å². The number of amides is 1. The maximum atomic E-state index is 11.6. The lowest BCUT2D eigenvalue weighted by Gasteiger charge is -2.21. The number of rotatable bonds is 4. The summed E-state index contributed by atoms with van der Waals surface area (Å²) in [6.07, 6.45) is 1.81. The first kappa shape index (κ1) is 14.2. The number of benzene rings is 1. The molecule has 3 rings (SSSR count). The van der Waals surface area contributed by atoms with E-state index in [9.17, 15) is 4.79 Å². The molecule has 1 saturated heterocycles. The summed E-state index contributed by atoms with van der Waals surface area (Å²) in [5, 5.41) is 14.0. The molecule has 1 amide bonds. The molecule has 2 heterocycles. The molecule has 1 aliphatic heterocycles. The fourth-order valence-electron chi connectivity index (χ4n) is 2.25. The summed E-state index contributed by atoms with van der Waals surface area (Å²) in [4.78, 5) is 11.6. The van der Waals surface area contributed by atoms with Crippen LogP contribution in [0.15, 0.2) is 33.2 Å². The molecular formula is C14H15BrN4O2. The molecule has 1 atom stereocenters. The van der Waals surface area contributed by atoms with Crippen LogP contribution in [0.2, 0.25) is 0 Å². The standard InChI is InChI=1S/C14H15BrN4O2/c15-10-5-2-1-4-9(10)14-19-18-12(21-14)8-17-11-6-3-7-16-13(11)20/h1-2,4-5,11,17H,3,6-8H2,(H,16,20). The maximum Gasteiger partial charge on any atom is 0.248 e. The minimum atomic E-state index is -0.183. The van der Waals surface area contributed by atoms with Crippen molar-refractivity contribution in [2.24, 2.45) is 0 Å². The maximum absolute atomic E-state index is 11.6. The van der Waals surface area contributed by atoms with E-state index in [0.717, 1.165) is 29.4 Å². The first-order chi connectivity index (χ1) is 10.2. The van der Waals surface area contributed by atoms with E-state index in [1.165, 1.54) is 0 Å². The number of carbonyl (C=O) groups is 1. The zero-order valence-corrected chi connectivity index (χ0v) is 12.9. The molecule has 21 heavy (non-hydrogen) atoms. The van der Waals surface area contributed by atoms with E-state index in [0.29, 0.717) is 18.3 Å². The quantitative estimate of drug-likeness (QED) is 0.879. The van der Waals surface area contributed by atoms with Crippen molar-refractivity contribution in [1.82, 2.24) is 20.8 Å². The number of carbonyl (C=O) groups excluding carboxylic acids is 1. The van der Waals surface area contributed by atoms with Gasteiger partial charge in [-0.15, -0.1) is 10.2 Å². The summed E-state index contributed by atoms with van der Waals surface area (Å²) < 4.78 is 6.53. The summed E-state index contributed by atoms with van der Waals surface area (Å²) in [7, 11) is 0. The molecule has 1 unspecified atom stereocenters. The van der Waals surface area contributed by atoms with E-state index in [1.807, 2.05) is 24.3 Å². The molecule has 0 bridgehead atoms. The second-order valence-electron chi connectivity index (χ2n) is 4.85. The lowest BCUT2D eigenvalue weighted by Crippen LogP contribution is -2.47. The Morgan fingerprint density at radius 1 is 1.38 bits per heavy atom. The molecule has 1 aromatic heterocycles. The van der Waals surface area contributed by atoms with E-state index in [1.54, 1.807) is 0 Å². The summed E-state index contributed by atoms with van der Waals surface area (Å²) in [6.45, 7) is 1.14. The first-order valence-corrected chi connectivity index (χ1v) is 7.62. The van der Waals surface area contributed by atoms with Crippen molar-refractivity contribution in [1.29, 1.82) is 0 Å². The highest BCUT2D eigenvalue weighted by atomic mass is 79.9. The average Bonchev–Trinajstić information content (AvgIpc) is 2.96. The number of hydrogen-bond acceptors (Lipinski definition) is 5. The molecule has 1 aromatic carbocycles. The Labute approximate surface area is 130 Å². The van der Waals surface area contributed by atoms with Gasteiger partial charge in [0.25, 0.3) is 0 Å². The highest BCUT2D eigenvalue weighted by molar-refractivity contribution is 9.10. The molecule has 0 saturated carbocycles. The van der Waals surface area contributed by atoms with Gasteiger partial charge in [-0.1, -0.05) is 12.1 Å². The van der Waals surface area contributed by atoms with Gasteiger partial charge in [0.05, 0.1) is 18.2 Å². The number of halogens is 1. The third-order valence-corrected chi connectivity index (χ3v) is 4.05. The smallest absolute Gasteiger partial charge is 0.248 e. The molecule has 0 radical (unpaired) electrons. The Morgan fingerprint density at radius 2 is 2.24 bits per heavy atom. The molecule has 0 aliphatic carbocycles. The van der Waals surface area contributed by atoms with Gasteiger partial charge in [-0.05, 0) is 40.9 Å². The highest BCUT2D eigenvalue weighted by Crippen LogP contribution is 2.26. The normalized spacial score (nSPS) is 18.5. The number of nitrogens with zero attached hydrogens (tertiary/aromatic N) is 2. The largest absolute Gasteiger partial charge is 0.419 e. The second kappa shape index (κ2) is 6.36. The topological polar surface area (TPSA) is 80.0 Å².